The van der Waals surface area contributed by atoms with Crippen LogP contribution in [0.25, 0.3) is 16.7 Å². The van der Waals surface area contributed by atoms with Crippen LogP contribution in [-0.4, -0.2) is 42.1 Å². The molecule has 1 atom stereocenters. The Bertz CT molecular complexity index is 1870. The zero-order valence-corrected chi connectivity index (χ0v) is 20.7. The van der Waals surface area contributed by atoms with Crippen LogP contribution in [0.5, 0.6) is 0 Å². The molecule has 2 amide bonds. The molecule has 5 aromatic rings. The summed E-state index contributed by atoms with van der Waals surface area (Å²) in [7, 11) is 1.60. The number of fused-ring (bicyclic) bond motifs is 3. The van der Waals surface area contributed by atoms with Crippen LogP contribution in [0.3, 0.4) is 0 Å². The number of aryl methyl sites for hydroxylation is 2. The lowest BCUT2D eigenvalue weighted by Gasteiger charge is -2.15. The monoisotopic (exact) mass is 526 g/mol. The molecule has 0 saturated heterocycles. The minimum Gasteiger partial charge on any atom is -0.478 e. The number of aromatic carboxylic acids is 1. The van der Waals surface area contributed by atoms with Gasteiger partial charge in [0.1, 0.15) is 11.4 Å². The Balaban J connectivity index is 1.22. The van der Waals surface area contributed by atoms with Crippen molar-refractivity contribution in [2.75, 3.05) is 0 Å². The summed E-state index contributed by atoms with van der Waals surface area (Å²) >= 11 is 0. The van der Waals surface area contributed by atoms with Crippen LogP contribution in [0.4, 0.5) is 0 Å². The Hall–Kier alpha value is -5.26. The summed E-state index contributed by atoms with van der Waals surface area (Å²) in [5, 5.41) is 19.2. The molecule has 12 heteroatoms. The van der Waals surface area contributed by atoms with Crippen LogP contribution in [0.2, 0.25) is 0 Å². The third-order valence-corrected chi connectivity index (χ3v) is 6.91. The lowest BCUT2D eigenvalue weighted by molar-refractivity contribution is 0.0696. The second kappa shape index (κ2) is 9.24. The number of aromatic nitrogens is 4. The molecule has 0 aliphatic heterocycles. The molecule has 0 radical (unpaired) electrons. The van der Waals surface area contributed by atoms with E-state index in [-0.39, 0.29) is 29.5 Å². The summed E-state index contributed by atoms with van der Waals surface area (Å²) < 4.78 is 7.89. The molecular formula is C27H22N6O6. The number of oxazole rings is 1. The maximum atomic E-state index is 13.3. The van der Waals surface area contributed by atoms with Gasteiger partial charge in [-0.3, -0.25) is 14.2 Å². The van der Waals surface area contributed by atoms with Gasteiger partial charge in [0.25, 0.3) is 11.8 Å². The van der Waals surface area contributed by atoms with Gasteiger partial charge in [0.2, 0.25) is 0 Å². The molecule has 3 heterocycles. The van der Waals surface area contributed by atoms with Crippen LogP contribution < -0.4 is 16.4 Å². The fourth-order valence-corrected chi connectivity index (χ4v) is 4.88. The molecule has 0 saturated carbocycles. The number of carbonyl (C=O) groups is 3. The maximum absolute atomic E-state index is 13.3. The lowest BCUT2D eigenvalue weighted by atomic mass is 10.0. The number of hydrogen-bond donors (Lipinski definition) is 3. The van der Waals surface area contributed by atoms with E-state index in [9.17, 15) is 24.3 Å². The molecule has 6 rings (SSSR count). The highest BCUT2D eigenvalue weighted by Gasteiger charge is 2.27. The first-order chi connectivity index (χ1) is 18.8. The largest absolute Gasteiger partial charge is 0.478 e. The molecule has 3 N–H and O–H groups in total. The number of benzene rings is 2. The lowest BCUT2D eigenvalue weighted by Crippen LogP contribution is -2.30. The van der Waals surface area contributed by atoms with Gasteiger partial charge in [0, 0.05) is 25.7 Å². The van der Waals surface area contributed by atoms with Gasteiger partial charge in [-0.25, -0.2) is 19.1 Å². The van der Waals surface area contributed by atoms with E-state index < -0.39 is 23.5 Å². The third kappa shape index (κ3) is 4.31. The number of carboxylic acids is 1. The average Bonchev–Trinajstić information content (AvgIpc) is 3.64. The van der Waals surface area contributed by atoms with Crippen LogP contribution in [-0.2, 0) is 20.0 Å². The summed E-state index contributed by atoms with van der Waals surface area (Å²) in [6.07, 6.45) is 2.75. The van der Waals surface area contributed by atoms with Crippen LogP contribution in [0, 0.1) is 0 Å². The highest BCUT2D eigenvalue weighted by atomic mass is 16.4. The van der Waals surface area contributed by atoms with E-state index in [1.165, 1.54) is 27.4 Å². The van der Waals surface area contributed by atoms with Crippen molar-refractivity contribution in [1.29, 1.82) is 0 Å². The molecule has 39 heavy (non-hydrogen) atoms. The summed E-state index contributed by atoms with van der Waals surface area (Å²) in [5.41, 5.74) is 4.28. The maximum Gasteiger partial charge on any atom is 0.419 e. The highest BCUT2D eigenvalue weighted by Crippen LogP contribution is 2.32. The fourth-order valence-electron chi connectivity index (χ4n) is 4.88. The summed E-state index contributed by atoms with van der Waals surface area (Å²) in [6.45, 7) is 0.166. The molecule has 2 aromatic carbocycles. The molecule has 0 spiro atoms. The Morgan fingerprint density at radius 1 is 1.10 bits per heavy atom. The summed E-state index contributed by atoms with van der Waals surface area (Å²) in [6, 6.07) is 12.7. The predicted octanol–water partition coefficient (Wildman–Crippen LogP) is 2.22. The zero-order valence-electron chi connectivity index (χ0n) is 20.7. The second-order valence-electron chi connectivity index (χ2n) is 9.32. The van der Waals surface area contributed by atoms with Crippen LogP contribution in [0.1, 0.15) is 60.5 Å². The Morgan fingerprint density at radius 2 is 1.95 bits per heavy atom. The molecule has 196 valence electrons. The van der Waals surface area contributed by atoms with Gasteiger partial charge in [-0.15, -0.1) is 0 Å². The van der Waals surface area contributed by atoms with Crippen molar-refractivity contribution in [3.63, 3.8) is 0 Å². The predicted molar refractivity (Wildman–Crippen MR) is 138 cm³/mol. The van der Waals surface area contributed by atoms with Crippen molar-refractivity contribution in [2.24, 2.45) is 7.05 Å². The molecule has 3 aromatic heterocycles. The number of hydrogen-bond acceptors (Lipinski definition) is 7. The van der Waals surface area contributed by atoms with Gasteiger partial charge in [-0.2, -0.15) is 5.10 Å². The van der Waals surface area contributed by atoms with Gasteiger partial charge in [-0.1, -0.05) is 12.1 Å². The van der Waals surface area contributed by atoms with Gasteiger partial charge >= 0.3 is 11.7 Å². The average molecular weight is 527 g/mol. The topological polar surface area (TPSA) is 161 Å². The number of carboxylic acid groups (broad SMARTS) is 1. The van der Waals surface area contributed by atoms with E-state index in [0.717, 1.165) is 16.7 Å². The molecular weight excluding hydrogens is 504 g/mol. The van der Waals surface area contributed by atoms with E-state index in [1.54, 1.807) is 43.4 Å². The first-order valence-corrected chi connectivity index (χ1v) is 12.2. The smallest absolute Gasteiger partial charge is 0.419 e. The van der Waals surface area contributed by atoms with Crippen molar-refractivity contribution in [1.82, 2.24) is 29.8 Å². The Morgan fingerprint density at radius 3 is 2.77 bits per heavy atom. The van der Waals surface area contributed by atoms with Crippen molar-refractivity contribution in [2.45, 2.75) is 25.4 Å². The van der Waals surface area contributed by atoms with E-state index >= 15 is 0 Å². The van der Waals surface area contributed by atoms with E-state index in [4.69, 9.17) is 4.42 Å². The Labute approximate surface area is 219 Å². The second-order valence-corrected chi connectivity index (χ2v) is 9.32. The fraction of sp³-hybridized carbons (Fsp3) is 0.185. The summed E-state index contributed by atoms with van der Waals surface area (Å²) in [4.78, 5) is 53.8. The molecule has 1 aliphatic carbocycles. The standard InChI is InChI=1S/C27H22N6O6/c1-32-20-10-14(2-7-22(20)39-27(32)38)13-28-24(34)19-12-21(33-23(30-19)8-9-29-33)25(35)31-18-6-4-15-11-16(26(36)37)3-5-17(15)18/h2-3,5,7-12,18H,4,6,13H2,1H3,(H,28,34)(H,31,35)(H,36,37)/t18-/m0/s1. The molecule has 0 fully saturated rings. The number of nitrogens with zero attached hydrogens (tertiary/aromatic N) is 4. The molecule has 0 bridgehead atoms. The van der Waals surface area contributed by atoms with Gasteiger partial charge in [0.05, 0.1) is 23.3 Å². The van der Waals surface area contributed by atoms with Crippen LogP contribution in [0.15, 0.2) is 63.9 Å². The normalized spacial score (nSPS) is 14.4. The van der Waals surface area contributed by atoms with Crippen molar-refractivity contribution < 1.29 is 23.9 Å². The summed E-state index contributed by atoms with van der Waals surface area (Å²) in [5.74, 6) is -2.39. The zero-order chi connectivity index (χ0) is 27.3. The van der Waals surface area contributed by atoms with Gasteiger partial charge in [-0.05, 0) is 53.8 Å². The minimum atomic E-state index is -0.999. The van der Waals surface area contributed by atoms with E-state index in [1.807, 2.05) is 0 Å². The third-order valence-electron chi connectivity index (χ3n) is 6.91. The van der Waals surface area contributed by atoms with E-state index in [2.05, 4.69) is 20.7 Å². The Kier molecular flexibility index (Phi) is 5.71. The van der Waals surface area contributed by atoms with Crippen LogP contribution >= 0.6 is 0 Å². The van der Waals surface area contributed by atoms with Crippen molar-refractivity contribution in [3.8, 4) is 0 Å². The van der Waals surface area contributed by atoms with Gasteiger partial charge in [0.15, 0.2) is 11.2 Å². The van der Waals surface area contributed by atoms with Gasteiger partial charge < -0.3 is 20.2 Å². The number of nitrogens with one attached hydrogen (secondary N) is 2. The first-order valence-electron chi connectivity index (χ1n) is 12.2. The number of rotatable bonds is 6. The quantitative estimate of drug-likeness (QED) is 0.304. The highest BCUT2D eigenvalue weighted by molar-refractivity contribution is 5.98. The first kappa shape index (κ1) is 24.1. The molecule has 12 nitrogen and oxygen atoms in total. The minimum absolute atomic E-state index is 0.0443. The van der Waals surface area contributed by atoms with Crippen molar-refractivity contribution in [3.05, 3.63) is 98.9 Å². The number of carbonyl (C=O) groups excluding carboxylic acids is 2. The van der Waals surface area contributed by atoms with Crippen molar-refractivity contribution >= 4 is 34.5 Å². The van der Waals surface area contributed by atoms with E-state index in [0.29, 0.717) is 29.6 Å². The SMILES string of the molecule is Cn1c(=O)oc2ccc(CNC(=O)c3cc(C(=O)N[C@H]4CCc5cc(C(=O)O)ccc54)n4nccc4n3)cc21. The number of amides is 2. The molecule has 0 unspecified atom stereocenters. The molecule has 1 aliphatic rings.